The Balaban J connectivity index is 3.01. The van der Waals surface area contributed by atoms with Crippen molar-refractivity contribution >= 4 is 11.8 Å². The van der Waals surface area contributed by atoms with Crippen LogP contribution in [0.2, 0.25) is 0 Å². The smallest absolute Gasteiger partial charge is 0.343 e. The lowest BCUT2D eigenvalue weighted by Crippen LogP contribution is -2.10. The highest BCUT2D eigenvalue weighted by molar-refractivity contribution is 5.94. The molecule has 1 aromatic heterocycles. The maximum absolute atomic E-state index is 11.4. The summed E-state index contributed by atoms with van der Waals surface area (Å²) in [5, 5.41) is 2.82. The van der Waals surface area contributed by atoms with E-state index < -0.39 is 5.97 Å². The highest BCUT2D eigenvalue weighted by Crippen LogP contribution is 2.11. The SMILES string of the molecule is CCOC(=O)c1cnc(C)nc1NC. The fraction of sp³-hybridized carbons (Fsp3) is 0.444. The number of hydrogen-bond acceptors (Lipinski definition) is 5. The predicted octanol–water partition coefficient (Wildman–Crippen LogP) is 1.00. The Morgan fingerprint density at radius 3 is 2.93 bits per heavy atom. The molecule has 1 aromatic rings. The van der Waals surface area contributed by atoms with Gasteiger partial charge in [-0.2, -0.15) is 0 Å². The van der Waals surface area contributed by atoms with Gasteiger partial charge in [-0.1, -0.05) is 0 Å². The number of carbonyl (C=O) groups is 1. The van der Waals surface area contributed by atoms with Gasteiger partial charge in [-0.3, -0.25) is 0 Å². The van der Waals surface area contributed by atoms with Gasteiger partial charge in [0.05, 0.1) is 6.61 Å². The maximum Gasteiger partial charge on any atom is 0.343 e. The van der Waals surface area contributed by atoms with Gasteiger partial charge in [0.25, 0.3) is 0 Å². The molecule has 0 saturated heterocycles. The van der Waals surface area contributed by atoms with Crippen molar-refractivity contribution in [2.75, 3.05) is 19.0 Å². The van der Waals surface area contributed by atoms with Crippen LogP contribution in [-0.4, -0.2) is 29.6 Å². The first-order valence-corrected chi connectivity index (χ1v) is 4.37. The van der Waals surface area contributed by atoms with E-state index in [9.17, 15) is 4.79 Å². The van der Waals surface area contributed by atoms with Crippen molar-refractivity contribution in [1.29, 1.82) is 0 Å². The summed E-state index contributed by atoms with van der Waals surface area (Å²) in [6.07, 6.45) is 1.46. The molecule has 0 radical (unpaired) electrons. The quantitative estimate of drug-likeness (QED) is 0.729. The van der Waals surface area contributed by atoms with Crippen LogP contribution < -0.4 is 5.32 Å². The summed E-state index contributed by atoms with van der Waals surface area (Å²) in [4.78, 5) is 19.4. The number of carbonyl (C=O) groups excluding carboxylic acids is 1. The van der Waals surface area contributed by atoms with Gasteiger partial charge in [0.2, 0.25) is 0 Å². The molecule has 0 aliphatic heterocycles. The molecule has 0 unspecified atom stereocenters. The second-order valence-corrected chi connectivity index (χ2v) is 2.65. The molecule has 1 rings (SSSR count). The molecule has 0 fully saturated rings. The standard InChI is InChI=1S/C9H13N3O2/c1-4-14-9(13)7-5-11-6(2)12-8(7)10-3/h5H,4H2,1-3H3,(H,10,11,12). The van der Waals surface area contributed by atoms with Gasteiger partial charge in [-0.05, 0) is 13.8 Å². The molecule has 0 spiro atoms. The highest BCUT2D eigenvalue weighted by Gasteiger charge is 2.13. The molecular weight excluding hydrogens is 182 g/mol. The number of anilines is 1. The van der Waals surface area contributed by atoms with Crippen LogP contribution in [0, 0.1) is 6.92 Å². The van der Waals surface area contributed by atoms with Crippen LogP contribution in [-0.2, 0) is 4.74 Å². The summed E-state index contributed by atoms with van der Waals surface area (Å²) in [6.45, 7) is 3.86. The molecule has 0 aliphatic rings. The lowest BCUT2D eigenvalue weighted by Gasteiger charge is -2.06. The number of hydrogen-bond donors (Lipinski definition) is 1. The van der Waals surface area contributed by atoms with Crippen LogP contribution in [0.15, 0.2) is 6.20 Å². The van der Waals surface area contributed by atoms with E-state index in [4.69, 9.17) is 4.74 Å². The first-order valence-electron chi connectivity index (χ1n) is 4.37. The Bertz CT molecular complexity index is 339. The van der Waals surface area contributed by atoms with Gasteiger partial charge in [0, 0.05) is 13.2 Å². The third kappa shape index (κ3) is 2.18. The van der Waals surface area contributed by atoms with Crippen LogP contribution >= 0.6 is 0 Å². The maximum atomic E-state index is 11.4. The third-order valence-electron chi connectivity index (χ3n) is 1.64. The lowest BCUT2D eigenvalue weighted by molar-refractivity contribution is 0.0526. The van der Waals surface area contributed by atoms with E-state index in [2.05, 4.69) is 15.3 Å². The summed E-state index contributed by atoms with van der Waals surface area (Å²) in [5.74, 6) is 0.704. The van der Waals surface area contributed by atoms with E-state index in [0.29, 0.717) is 23.8 Å². The second-order valence-electron chi connectivity index (χ2n) is 2.65. The largest absolute Gasteiger partial charge is 0.462 e. The average Bonchev–Trinajstić information content (AvgIpc) is 2.17. The van der Waals surface area contributed by atoms with Crippen molar-refractivity contribution in [2.45, 2.75) is 13.8 Å². The molecule has 5 nitrogen and oxygen atoms in total. The molecule has 0 amide bonds. The minimum atomic E-state index is -0.406. The van der Waals surface area contributed by atoms with Gasteiger partial charge in [0.1, 0.15) is 17.2 Å². The minimum absolute atomic E-state index is 0.343. The predicted molar refractivity (Wildman–Crippen MR) is 52.3 cm³/mol. The molecule has 14 heavy (non-hydrogen) atoms. The van der Waals surface area contributed by atoms with Crippen LogP contribution in [0.25, 0.3) is 0 Å². The van der Waals surface area contributed by atoms with Gasteiger partial charge in [-0.15, -0.1) is 0 Å². The Hall–Kier alpha value is -1.65. The van der Waals surface area contributed by atoms with Crippen molar-refractivity contribution in [3.8, 4) is 0 Å². The number of nitrogens with zero attached hydrogens (tertiary/aromatic N) is 2. The molecule has 1 heterocycles. The van der Waals surface area contributed by atoms with E-state index in [-0.39, 0.29) is 0 Å². The summed E-state index contributed by atoms with van der Waals surface area (Å²) in [6, 6.07) is 0. The van der Waals surface area contributed by atoms with Crippen LogP contribution in [0.5, 0.6) is 0 Å². The zero-order valence-electron chi connectivity index (χ0n) is 8.50. The molecule has 1 N–H and O–H groups in total. The number of aromatic nitrogens is 2. The fourth-order valence-corrected chi connectivity index (χ4v) is 1.02. The van der Waals surface area contributed by atoms with Gasteiger partial charge >= 0.3 is 5.97 Å². The van der Waals surface area contributed by atoms with Crippen LogP contribution in [0.3, 0.4) is 0 Å². The monoisotopic (exact) mass is 195 g/mol. The molecule has 0 atom stereocenters. The first-order chi connectivity index (χ1) is 6.69. The topological polar surface area (TPSA) is 64.1 Å². The molecular formula is C9H13N3O2. The van der Waals surface area contributed by atoms with E-state index >= 15 is 0 Å². The Morgan fingerprint density at radius 1 is 1.64 bits per heavy atom. The van der Waals surface area contributed by atoms with E-state index in [1.807, 2.05) is 0 Å². The summed E-state index contributed by atoms with van der Waals surface area (Å²) >= 11 is 0. The van der Waals surface area contributed by atoms with Crippen LogP contribution in [0.1, 0.15) is 23.1 Å². The summed E-state index contributed by atoms with van der Waals surface area (Å²) in [5.41, 5.74) is 0.361. The zero-order valence-corrected chi connectivity index (χ0v) is 8.50. The van der Waals surface area contributed by atoms with E-state index in [0.717, 1.165) is 0 Å². The Kier molecular flexibility index (Phi) is 3.39. The van der Waals surface area contributed by atoms with E-state index in [1.54, 1.807) is 20.9 Å². The van der Waals surface area contributed by atoms with Gasteiger partial charge < -0.3 is 10.1 Å². The Labute approximate surface area is 82.5 Å². The Morgan fingerprint density at radius 2 is 2.36 bits per heavy atom. The van der Waals surface area contributed by atoms with Crippen molar-refractivity contribution in [2.24, 2.45) is 0 Å². The summed E-state index contributed by atoms with van der Waals surface area (Å²) < 4.78 is 4.85. The molecule has 0 bridgehead atoms. The number of rotatable bonds is 3. The van der Waals surface area contributed by atoms with Crippen molar-refractivity contribution < 1.29 is 9.53 Å². The average molecular weight is 195 g/mol. The number of ether oxygens (including phenoxy) is 1. The normalized spacial score (nSPS) is 9.64. The second kappa shape index (κ2) is 4.55. The van der Waals surface area contributed by atoms with Crippen LogP contribution in [0.4, 0.5) is 5.82 Å². The highest BCUT2D eigenvalue weighted by atomic mass is 16.5. The molecule has 0 aromatic carbocycles. The fourth-order valence-electron chi connectivity index (χ4n) is 1.02. The van der Waals surface area contributed by atoms with E-state index in [1.165, 1.54) is 6.20 Å². The van der Waals surface area contributed by atoms with Gasteiger partial charge in [0.15, 0.2) is 0 Å². The zero-order chi connectivity index (χ0) is 10.6. The van der Waals surface area contributed by atoms with Crippen molar-refractivity contribution in [3.63, 3.8) is 0 Å². The third-order valence-corrected chi connectivity index (χ3v) is 1.64. The summed E-state index contributed by atoms with van der Waals surface area (Å²) in [7, 11) is 1.70. The number of aryl methyl sites for hydroxylation is 1. The van der Waals surface area contributed by atoms with Crippen molar-refractivity contribution in [3.05, 3.63) is 17.6 Å². The molecule has 0 aliphatic carbocycles. The number of nitrogens with one attached hydrogen (secondary N) is 1. The first kappa shape index (κ1) is 10.4. The number of esters is 1. The minimum Gasteiger partial charge on any atom is -0.462 e. The van der Waals surface area contributed by atoms with Crippen molar-refractivity contribution in [1.82, 2.24) is 9.97 Å². The lowest BCUT2D eigenvalue weighted by atomic mass is 10.3. The molecule has 76 valence electrons. The molecule has 5 heteroatoms. The van der Waals surface area contributed by atoms with Gasteiger partial charge in [-0.25, -0.2) is 14.8 Å². The molecule has 0 saturated carbocycles.